The standard InChI is InChI=1S/C21H19F2N3O2S/c1-12-4-6-16(10-13(12)2)26-20(27)9-8-19(25-26)29-14(3)21(28)24-18-11-15(22)5-7-17(18)23/h4-11,14H,1-3H3,(H,24,28)/t14-/m0/s1. The quantitative estimate of drug-likeness (QED) is 0.633. The molecule has 0 radical (unpaired) electrons. The summed E-state index contributed by atoms with van der Waals surface area (Å²) < 4.78 is 28.3. The van der Waals surface area contributed by atoms with Gasteiger partial charge in [0.2, 0.25) is 5.91 Å². The van der Waals surface area contributed by atoms with Crippen LogP contribution in [0.15, 0.2) is 58.4 Å². The summed E-state index contributed by atoms with van der Waals surface area (Å²) in [5, 5.41) is 6.49. The van der Waals surface area contributed by atoms with Crippen LogP contribution in [0.5, 0.6) is 0 Å². The molecule has 2 aromatic carbocycles. The summed E-state index contributed by atoms with van der Waals surface area (Å²) in [5.74, 6) is -1.88. The van der Waals surface area contributed by atoms with Gasteiger partial charge < -0.3 is 5.32 Å². The third-order valence-electron chi connectivity index (χ3n) is 4.36. The zero-order chi connectivity index (χ0) is 21.1. The third-order valence-corrected chi connectivity index (χ3v) is 5.39. The van der Waals surface area contributed by atoms with Crippen molar-refractivity contribution in [3.05, 3.63) is 81.6 Å². The fourth-order valence-electron chi connectivity index (χ4n) is 2.56. The normalized spacial score (nSPS) is 11.9. The molecule has 1 heterocycles. The number of carbonyl (C=O) groups is 1. The van der Waals surface area contributed by atoms with Crippen LogP contribution >= 0.6 is 11.8 Å². The topological polar surface area (TPSA) is 64.0 Å². The van der Waals surface area contributed by atoms with Gasteiger partial charge >= 0.3 is 0 Å². The number of aryl methyl sites for hydroxylation is 2. The van der Waals surface area contributed by atoms with Crippen LogP contribution < -0.4 is 10.9 Å². The number of thioether (sulfide) groups is 1. The number of hydrogen-bond acceptors (Lipinski definition) is 4. The molecule has 0 fully saturated rings. The summed E-state index contributed by atoms with van der Waals surface area (Å²) in [7, 11) is 0. The van der Waals surface area contributed by atoms with E-state index in [9.17, 15) is 18.4 Å². The number of benzene rings is 2. The molecule has 0 spiro atoms. The first-order valence-corrected chi connectivity index (χ1v) is 9.73. The lowest BCUT2D eigenvalue weighted by atomic mass is 10.1. The van der Waals surface area contributed by atoms with Crippen molar-refractivity contribution >= 4 is 23.4 Å². The summed E-state index contributed by atoms with van der Waals surface area (Å²) in [4.78, 5) is 24.6. The Kier molecular flexibility index (Phi) is 6.12. The maximum Gasteiger partial charge on any atom is 0.271 e. The summed E-state index contributed by atoms with van der Waals surface area (Å²) >= 11 is 1.11. The van der Waals surface area contributed by atoms with Crippen molar-refractivity contribution in [2.45, 2.75) is 31.0 Å². The van der Waals surface area contributed by atoms with Crippen molar-refractivity contribution in [1.82, 2.24) is 9.78 Å². The van der Waals surface area contributed by atoms with Gasteiger partial charge in [0.25, 0.3) is 5.56 Å². The van der Waals surface area contributed by atoms with Crippen molar-refractivity contribution in [2.75, 3.05) is 5.32 Å². The molecule has 8 heteroatoms. The zero-order valence-corrected chi connectivity index (χ0v) is 16.9. The molecular formula is C21H19F2N3O2S. The maximum absolute atomic E-state index is 13.7. The van der Waals surface area contributed by atoms with Crippen LogP contribution in [-0.2, 0) is 4.79 Å². The highest BCUT2D eigenvalue weighted by Crippen LogP contribution is 2.23. The fraction of sp³-hybridized carbons (Fsp3) is 0.190. The van der Waals surface area contributed by atoms with E-state index in [0.717, 1.165) is 41.1 Å². The van der Waals surface area contributed by atoms with Crippen molar-refractivity contribution in [2.24, 2.45) is 0 Å². The minimum Gasteiger partial charge on any atom is -0.323 e. The minimum absolute atomic E-state index is 0.226. The van der Waals surface area contributed by atoms with Crippen molar-refractivity contribution < 1.29 is 13.6 Å². The van der Waals surface area contributed by atoms with E-state index in [2.05, 4.69) is 10.4 Å². The minimum atomic E-state index is -0.724. The highest BCUT2D eigenvalue weighted by Gasteiger charge is 2.18. The Hall–Kier alpha value is -3.00. The number of aromatic nitrogens is 2. The Bertz CT molecular complexity index is 1130. The second-order valence-electron chi connectivity index (χ2n) is 6.56. The largest absolute Gasteiger partial charge is 0.323 e. The van der Waals surface area contributed by atoms with Crippen LogP contribution in [0.25, 0.3) is 5.69 Å². The Morgan fingerprint density at radius 1 is 1.07 bits per heavy atom. The van der Waals surface area contributed by atoms with Crippen LogP contribution in [0.4, 0.5) is 14.5 Å². The van der Waals surface area contributed by atoms with Crippen molar-refractivity contribution in [1.29, 1.82) is 0 Å². The Balaban J connectivity index is 1.79. The summed E-state index contributed by atoms with van der Waals surface area (Å²) in [6, 6.07) is 11.3. The number of nitrogens with zero attached hydrogens (tertiary/aromatic N) is 2. The van der Waals surface area contributed by atoms with Crippen LogP contribution in [-0.4, -0.2) is 20.9 Å². The molecule has 1 amide bonds. The van der Waals surface area contributed by atoms with E-state index in [4.69, 9.17) is 0 Å². The second-order valence-corrected chi connectivity index (χ2v) is 7.92. The first-order chi connectivity index (χ1) is 13.7. The zero-order valence-electron chi connectivity index (χ0n) is 16.1. The van der Waals surface area contributed by atoms with Gasteiger partial charge in [-0.25, -0.2) is 8.78 Å². The molecule has 1 aromatic heterocycles. The lowest BCUT2D eigenvalue weighted by Gasteiger charge is -2.13. The van der Waals surface area contributed by atoms with Gasteiger partial charge in [0.1, 0.15) is 16.7 Å². The van der Waals surface area contributed by atoms with Gasteiger partial charge in [-0.2, -0.15) is 9.78 Å². The van der Waals surface area contributed by atoms with Gasteiger partial charge in [-0.05, 0) is 62.2 Å². The number of amides is 1. The molecule has 0 saturated heterocycles. The van der Waals surface area contributed by atoms with Gasteiger partial charge in [0, 0.05) is 12.1 Å². The molecule has 29 heavy (non-hydrogen) atoms. The van der Waals surface area contributed by atoms with E-state index in [1.807, 2.05) is 26.0 Å². The molecule has 3 rings (SSSR count). The third kappa shape index (κ3) is 4.89. The maximum atomic E-state index is 13.7. The van der Waals surface area contributed by atoms with E-state index in [0.29, 0.717) is 10.7 Å². The molecule has 3 aromatic rings. The molecule has 5 nitrogen and oxygen atoms in total. The molecular weight excluding hydrogens is 396 g/mol. The van der Waals surface area contributed by atoms with Crippen molar-refractivity contribution in [3.63, 3.8) is 0 Å². The molecule has 0 aliphatic rings. The van der Waals surface area contributed by atoms with Crippen LogP contribution in [0.1, 0.15) is 18.1 Å². The van der Waals surface area contributed by atoms with Crippen LogP contribution in [0.2, 0.25) is 0 Å². The van der Waals surface area contributed by atoms with Gasteiger partial charge in [-0.1, -0.05) is 17.8 Å². The number of anilines is 1. The molecule has 1 N–H and O–H groups in total. The van der Waals surface area contributed by atoms with E-state index in [-0.39, 0.29) is 11.2 Å². The average Bonchev–Trinajstić information content (AvgIpc) is 2.68. The first kappa shape index (κ1) is 20.7. The number of nitrogens with one attached hydrogen (secondary N) is 1. The second kappa shape index (κ2) is 8.57. The molecule has 0 aliphatic heterocycles. The Labute approximate surface area is 170 Å². The monoisotopic (exact) mass is 415 g/mol. The van der Waals surface area contributed by atoms with Crippen LogP contribution in [0, 0.1) is 25.5 Å². The fourth-order valence-corrected chi connectivity index (χ4v) is 3.37. The molecule has 150 valence electrons. The van der Waals surface area contributed by atoms with Gasteiger partial charge in [0.05, 0.1) is 16.6 Å². The van der Waals surface area contributed by atoms with Gasteiger partial charge in [-0.3, -0.25) is 9.59 Å². The SMILES string of the molecule is Cc1ccc(-n2nc(S[C@@H](C)C(=O)Nc3cc(F)ccc3F)ccc2=O)cc1C. The molecule has 0 unspecified atom stereocenters. The van der Waals surface area contributed by atoms with Gasteiger partial charge in [-0.15, -0.1) is 0 Å². The first-order valence-electron chi connectivity index (χ1n) is 8.85. The number of hydrogen-bond donors (Lipinski definition) is 1. The lowest BCUT2D eigenvalue weighted by molar-refractivity contribution is -0.115. The average molecular weight is 415 g/mol. The number of rotatable bonds is 5. The van der Waals surface area contributed by atoms with Crippen LogP contribution in [0.3, 0.4) is 0 Å². The summed E-state index contributed by atoms with van der Waals surface area (Å²) in [6.07, 6.45) is 0. The predicted octanol–water partition coefficient (Wildman–Crippen LogP) is 4.25. The van der Waals surface area contributed by atoms with E-state index in [1.54, 1.807) is 13.0 Å². The molecule has 1 atom stereocenters. The van der Waals surface area contributed by atoms with Crippen molar-refractivity contribution in [3.8, 4) is 5.69 Å². The molecule has 0 aliphatic carbocycles. The number of carbonyl (C=O) groups excluding carboxylic acids is 1. The highest BCUT2D eigenvalue weighted by atomic mass is 32.2. The van der Waals surface area contributed by atoms with E-state index < -0.39 is 22.8 Å². The Morgan fingerprint density at radius 2 is 1.83 bits per heavy atom. The predicted molar refractivity (Wildman–Crippen MR) is 110 cm³/mol. The summed E-state index contributed by atoms with van der Waals surface area (Å²) in [5.41, 5.74) is 2.23. The molecule has 0 saturated carbocycles. The van der Waals surface area contributed by atoms with Gasteiger partial charge in [0.15, 0.2) is 0 Å². The summed E-state index contributed by atoms with van der Waals surface area (Å²) in [6.45, 7) is 5.54. The molecule has 0 bridgehead atoms. The van der Waals surface area contributed by atoms with E-state index in [1.165, 1.54) is 16.8 Å². The Morgan fingerprint density at radius 3 is 2.55 bits per heavy atom. The highest BCUT2D eigenvalue weighted by molar-refractivity contribution is 8.00. The lowest BCUT2D eigenvalue weighted by Crippen LogP contribution is -2.24. The van der Waals surface area contributed by atoms with E-state index >= 15 is 0 Å². The number of halogens is 2. The smallest absolute Gasteiger partial charge is 0.271 e.